The van der Waals surface area contributed by atoms with Crippen molar-refractivity contribution >= 4 is 23.3 Å². The van der Waals surface area contributed by atoms with E-state index in [4.69, 9.17) is 21.1 Å². The molecule has 0 bridgehead atoms. The second kappa shape index (κ2) is 7.74. The molecule has 0 heterocycles. The Morgan fingerprint density at radius 2 is 1.91 bits per heavy atom. The van der Waals surface area contributed by atoms with Crippen molar-refractivity contribution in [3.63, 3.8) is 0 Å². The van der Waals surface area contributed by atoms with Gasteiger partial charge in [-0.2, -0.15) is 0 Å². The third kappa shape index (κ3) is 4.29. The Bertz CT molecular complexity index is 691. The minimum Gasteiger partial charge on any atom is -0.497 e. The van der Waals surface area contributed by atoms with Gasteiger partial charge in [0.15, 0.2) is 0 Å². The van der Waals surface area contributed by atoms with Gasteiger partial charge in [-0.3, -0.25) is 0 Å². The molecule has 6 heteroatoms. The quantitative estimate of drug-likeness (QED) is 0.898. The van der Waals surface area contributed by atoms with E-state index in [1.807, 2.05) is 18.2 Å². The van der Waals surface area contributed by atoms with Gasteiger partial charge in [-0.25, -0.2) is 4.79 Å². The number of hydrogen-bond donors (Lipinski definition) is 1. The van der Waals surface area contributed by atoms with Crippen LogP contribution in [0.3, 0.4) is 0 Å². The molecule has 0 aliphatic heterocycles. The number of nitrogens with zero attached hydrogens (tertiary/aromatic N) is 1. The number of urea groups is 1. The topological polar surface area (TPSA) is 50.8 Å². The predicted octanol–water partition coefficient (Wildman–Crippen LogP) is 4.02. The van der Waals surface area contributed by atoms with Crippen LogP contribution in [0.1, 0.15) is 5.56 Å². The lowest BCUT2D eigenvalue weighted by Gasteiger charge is -2.20. The van der Waals surface area contributed by atoms with E-state index < -0.39 is 0 Å². The van der Waals surface area contributed by atoms with Gasteiger partial charge >= 0.3 is 6.03 Å². The van der Waals surface area contributed by atoms with Gasteiger partial charge in [0.25, 0.3) is 0 Å². The number of benzene rings is 2. The number of rotatable bonds is 5. The lowest BCUT2D eigenvalue weighted by atomic mass is 10.2. The van der Waals surface area contributed by atoms with Gasteiger partial charge in [-0.05, 0) is 23.8 Å². The maximum Gasteiger partial charge on any atom is 0.321 e. The summed E-state index contributed by atoms with van der Waals surface area (Å²) in [7, 11) is 4.82. The summed E-state index contributed by atoms with van der Waals surface area (Å²) >= 11 is 6.12. The third-order valence-electron chi connectivity index (χ3n) is 3.36. The van der Waals surface area contributed by atoms with Crippen LogP contribution in [-0.4, -0.2) is 32.2 Å². The first-order chi connectivity index (χ1) is 11.0. The van der Waals surface area contributed by atoms with Gasteiger partial charge < -0.3 is 19.7 Å². The molecule has 0 aromatic heterocycles. The lowest BCUT2D eigenvalue weighted by molar-refractivity contribution is 0.220. The molecule has 0 aliphatic carbocycles. The monoisotopic (exact) mass is 334 g/mol. The number of methoxy groups -OCH3 is 2. The maximum absolute atomic E-state index is 12.3. The molecule has 2 rings (SSSR count). The summed E-state index contributed by atoms with van der Waals surface area (Å²) in [6.07, 6.45) is 0. The van der Waals surface area contributed by atoms with E-state index in [-0.39, 0.29) is 6.03 Å². The highest BCUT2D eigenvalue weighted by Crippen LogP contribution is 2.29. The SMILES string of the molecule is COc1ccc(NC(=O)N(C)Cc2ccccc2Cl)c(OC)c1. The second-order valence-electron chi connectivity index (χ2n) is 4.94. The van der Waals surface area contributed by atoms with Crippen LogP contribution >= 0.6 is 11.6 Å². The molecule has 0 fully saturated rings. The molecule has 2 amide bonds. The highest BCUT2D eigenvalue weighted by atomic mass is 35.5. The Labute approximate surface area is 140 Å². The molecule has 0 atom stereocenters. The zero-order valence-corrected chi connectivity index (χ0v) is 14.1. The van der Waals surface area contributed by atoms with Crippen LogP contribution in [0, 0.1) is 0 Å². The van der Waals surface area contributed by atoms with Crippen molar-refractivity contribution in [2.45, 2.75) is 6.54 Å². The second-order valence-corrected chi connectivity index (χ2v) is 5.35. The van der Waals surface area contributed by atoms with Gasteiger partial charge in [0.1, 0.15) is 11.5 Å². The Morgan fingerprint density at radius 1 is 1.17 bits per heavy atom. The van der Waals surface area contributed by atoms with Gasteiger partial charge in [-0.15, -0.1) is 0 Å². The first-order valence-electron chi connectivity index (χ1n) is 7.02. The van der Waals surface area contributed by atoms with Gasteiger partial charge in [0.05, 0.1) is 19.9 Å². The number of anilines is 1. The smallest absolute Gasteiger partial charge is 0.321 e. The van der Waals surface area contributed by atoms with E-state index in [0.29, 0.717) is 28.8 Å². The van der Waals surface area contributed by atoms with Crippen LogP contribution in [0.15, 0.2) is 42.5 Å². The van der Waals surface area contributed by atoms with Crippen molar-refractivity contribution in [3.8, 4) is 11.5 Å². The van der Waals surface area contributed by atoms with E-state index in [2.05, 4.69) is 5.32 Å². The van der Waals surface area contributed by atoms with Gasteiger partial charge in [0, 0.05) is 24.7 Å². The molecular formula is C17H19ClN2O3. The highest BCUT2D eigenvalue weighted by molar-refractivity contribution is 6.31. The molecule has 0 radical (unpaired) electrons. The Hall–Kier alpha value is -2.40. The number of nitrogens with one attached hydrogen (secondary N) is 1. The van der Waals surface area contributed by atoms with Crippen LogP contribution in [0.5, 0.6) is 11.5 Å². The van der Waals surface area contributed by atoms with E-state index in [1.54, 1.807) is 43.3 Å². The fourth-order valence-electron chi connectivity index (χ4n) is 2.07. The fraction of sp³-hybridized carbons (Fsp3) is 0.235. The number of hydrogen-bond acceptors (Lipinski definition) is 3. The molecule has 2 aromatic rings. The minimum atomic E-state index is -0.256. The van der Waals surface area contributed by atoms with Crippen LogP contribution < -0.4 is 14.8 Å². The molecule has 23 heavy (non-hydrogen) atoms. The van der Waals surface area contributed by atoms with Gasteiger partial charge in [0.2, 0.25) is 0 Å². The molecule has 0 aliphatic rings. The van der Waals surface area contributed by atoms with E-state index in [1.165, 1.54) is 7.11 Å². The molecule has 122 valence electrons. The van der Waals surface area contributed by atoms with Crippen molar-refractivity contribution in [3.05, 3.63) is 53.1 Å². The van der Waals surface area contributed by atoms with Crippen molar-refractivity contribution < 1.29 is 14.3 Å². The summed E-state index contributed by atoms with van der Waals surface area (Å²) in [6.45, 7) is 0.407. The molecule has 2 aromatic carbocycles. The van der Waals surface area contributed by atoms with Crippen molar-refractivity contribution in [2.24, 2.45) is 0 Å². The Kier molecular flexibility index (Phi) is 5.71. The number of halogens is 1. The zero-order chi connectivity index (χ0) is 16.8. The van der Waals surface area contributed by atoms with Crippen LogP contribution in [0.25, 0.3) is 0 Å². The molecule has 0 saturated carbocycles. The molecule has 5 nitrogen and oxygen atoms in total. The zero-order valence-electron chi connectivity index (χ0n) is 13.3. The van der Waals surface area contributed by atoms with Crippen molar-refractivity contribution in [2.75, 3.05) is 26.6 Å². The van der Waals surface area contributed by atoms with Crippen molar-refractivity contribution in [1.82, 2.24) is 4.90 Å². The fourth-order valence-corrected chi connectivity index (χ4v) is 2.26. The standard InChI is InChI=1S/C17H19ClN2O3/c1-20(11-12-6-4-5-7-14(12)18)17(21)19-15-9-8-13(22-2)10-16(15)23-3/h4-10H,11H2,1-3H3,(H,19,21). The summed E-state index contributed by atoms with van der Waals surface area (Å²) in [5.41, 5.74) is 1.46. The summed E-state index contributed by atoms with van der Waals surface area (Å²) in [5, 5.41) is 3.45. The summed E-state index contributed by atoms with van der Waals surface area (Å²) < 4.78 is 10.4. The minimum absolute atomic E-state index is 0.256. The number of ether oxygens (including phenoxy) is 2. The normalized spacial score (nSPS) is 10.1. The number of carbonyl (C=O) groups is 1. The summed E-state index contributed by atoms with van der Waals surface area (Å²) in [6, 6.07) is 12.4. The lowest BCUT2D eigenvalue weighted by Crippen LogP contribution is -2.31. The van der Waals surface area contributed by atoms with Crippen LogP contribution in [-0.2, 0) is 6.54 Å². The summed E-state index contributed by atoms with van der Waals surface area (Å²) in [4.78, 5) is 13.9. The first kappa shape index (κ1) is 17.0. The molecule has 0 unspecified atom stereocenters. The van der Waals surface area contributed by atoms with Crippen LogP contribution in [0.4, 0.5) is 10.5 Å². The number of amides is 2. The Balaban J connectivity index is 2.08. The maximum atomic E-state index is 12.3. The predicted molar refractivity (Wildman–Crippen MR) is 91.5 cm³/mol. The molecular weight excluding hydrogens is 316 g/mol. The third-order valence-corrected chi connectivity index (χ3v) is 3.73. The molecule has 1 N–H and O–H groups in total. The van der Waals surface area contributed by atoms with Crippen molar-refractivity contribution in [1.29, 1.82) is 0 Å². The first-order valence-corrected chi connectivity index (χ1v) is 7.40. The van der Waals surface area contributed by atoms with Gasteiger partial charge in [-0.1, -0.05) is 29.8 Å². The van der Waals surface area contributed by atoms with E-state index >= 15 is 0 Å². The average molecular weight is 335 g/mol. The number of carbonyl (C=O) groups excluding carboxylic acids is 1. The molecule has 0 saturated heterocycles. The van der Waals surface area contributed by atoms with Crippen LogP contribution in [0.2, 0.25) is 5.02 Å². The highest BCUT2D eigenvalue weighted by Gasteiger charge is 2.14. The largest absolute Gasteiger partial charge is 0.497 e. The Morgan fingerprint density at radius 3 is 2.57 bits per heavy atom. The average Bonchev–Trinajstić information content (AvgIpc) is 2.57. The summed E-state index contributed by atoms with van der Waals surface area (Å²) in [5.74, 6) is 1.19. The van der Waals surface area contributed by atoms with E-state index in [9.17, 15) is 4.79 Å². The molecule has 0 spiro atoms. The van der Waals surface area contributed by atoms with E-state index in [0.717, 1.165) is 5.56 Å².